The summed E-state index contributed by atoms with van der Waals surface area (Å²) in [6, 6.07) is 14.0. The van der Waals surface area contributed by atoms with Crippen LogP contribution in [0, 0.1) is 0 Å². The third-order valence-corrected chi connectivity index (χ3v) is 8.89. The number of aryl methyl sites for hydroxylation is 1. The van der Waals surface area contributed by atoms with Crippen LogP contribution in [0.2, 0.25) is 0 Å². The van der Waals surface area contributed by atoms with E-state index in [2.05, 4.69) is 45.6 Å². The maximum absolute atomic E-state index is 13.2. The normalized spacial score (nSPS) is 22.1. The largest absolute Gasteiger partial charge is 0.492 e. The fraction of sp³-hybridized carbons (Fsp3) is 0.400. The molecule has 1 atom stereocenters. The number of aromatic nitrogens is 2. The molecule has 2 fully saturated rings. The van der Waals surface area contributed by atoms with Gasteiger partial charge in [0.25, 0.3) is 5.91 Å². The maximum atomic E-state index is 13.2. The van der Waals surface area contributed by atoms with Crippen LogP contribution in [0.15, 0.2) is 48.7 Å². The lowest BCUT2D eigenvalue weighted by Gasteiger charge is -2.38. The molecule has 1 aromatic heterocycles. The molecule has 2 saturated heterocycles. The topological polar surface area (TPSA) is 96.8 Å². The number of hydrogen-bond acceptors (Lipinski definition) is 6. The molecule has 7 rings (SSSR count). The average Bonchev–Trinajstić information content (AvgIpc) is 3.62. The van der Waals surface area contributed by atoms with E-state index in [9.17, 15) is 14.4 Å². The molecule has 39 heavy (non-hydrogen) atoms. The lowest BCUT2D eigenvalue weighted by molar-refractivity contribution is -0.136. The van der Waals surface area contributed by atoms with Gasteiger partial charge in [0, 0.05) is 53.9 Å². The van der Waals surface area contributed by atoms with Crippen molar-refractivity contribution in [1.29, 1.82) is 0 Å². The van der Waals surface area contributed by atoms with Crippen molar-refractivity contribution in [3.05, 3.63) is 70.9 Å². The second-order valence-corrected chi connectivity index (χ2v) is 11.3. The Hall–Kier alpha value is -3.98. The monoisotopic (exact) mass is 525 g/mol. The minimum Gasteiger partial charge on any atom is -0.492 e. The Morgan fingerprint density at radius 3 is 2.72 bits per heavy atom. The molecule has 3 aromatic rings. The summed E-state index contributed by atoms with van der Waals surface area (Å²) >= 11 is 0. The molecule has 4 aliphatic rings. The van der Waals surface area contributed by atoms with Crippen molar-refractivity contribution < 1.29 is 19.1 Å². The second-order valence-electron chi connectivity index (χ2n) is 11.3. The zero-order chi connectivity index (χ0) is 26.7. The van der Waals surface area contributed by atoms with Crippen molar-refractivity contribution in [2.24, 2.45) is 7.05 Å². The zero-order valence-electron chi connectivity index (χ0n) is 22.0. The number of likely N-dealkylation sites (tertiary alicyclic amines) is 1. The number of rotatable bonds is 4. The van der Waals surface area contributed by atoms with Crippen molar-refractivity contribution in [3.63, 3.8) is 0 Å². The summed E-state index contributed by atoms with van der Waals surface area (Å²) in [5.41, 5.74) is 6.03. The van der Waals surface area contributed by atoms with E-state index in [0.717, 1.165) is 55.0 Å². The van der Waals surface area contributed by atoms with Crippen LogP contribution in [0.1, 0.15) is 52.7 Å². The van der Waals surface area contributed by atoms with E-state index in [4.69, 9.17) is 4.74 Å². The molecule has 0 aliphatic carbocycles. The number of nitrogens with one attached hydrogen (secondary N) is 1. The molecule has 5 heterocycles. The van der Waals surface area contributed by atoms with Crippen molar-refractivity contribution >= 4 is 17.7 Å². The van der Waals surface area contributed by atoms with Gasteiger partial charge in [0.05, 0.1) is 18.8 Å². The molecule has 1 spiro atoms. The molecular formula is C30H31N5O4. The Balaban J connectivity index is 1.05. The standard InChI is InChI=1S/C30H31N5O4/c1-33-12-9-24(32-33)20-4-2-3-19(15-20)16-34-13-10-30(11-14-34)18-39-27-22-17-35(25-7-8-26(36)31-28(25)37)29(38)21(22)5-6-23(27)30/h2-6,9,12,15,25H,7-8,10-11,13-14,16-18H2,1H3,(H,31,36,37). The summed E-state index contributed by atoms with van der Waals surface area (Å²) in [5.74, 6) is -0.0000327. The van der Waals surface area contributed by atoms with Gasteiger partial charge in [-0.2, -0.15) is 5.10 Å². The number of piperidine rings is 2. The molecule has 1 unspecified atom stereocenters. The number of imide groups is 1. The number of hydrogen-bond donors (Lipinski definition) is 1. The Morgan fingerprint density at radius 2 is 1.95 bits per heavy atom. The number of carbonyl (C=O) groups excluding carboxylic acids is 3. The van der Waals surface area contributed by atoms with Gasteiger partial charge in [0.15, 0.2) is 0 Å². The van der Waals surface area contributed by atoms with E-state index in [1.807, 2.05) is 30.1 Å². The van der Waals surface area contributed by atoms with Gasteiger partial charge in [-0.15, -0.1) is 0 Å². The van der Waals surface area contributed by atoms with E-state index in [1.54, 1.807) is 4.90 Å². The average molecular weight is 526 g/mol. The molecule has 0 radical (unpaired) electrons. The second kappa shape index (κ2) is 9.05. The number of benzene rings is 2. The minimum atomic E-state index is -0.618. The van der Waals surface area contributed by atoms with Crippen molar-refractivity contribution in [1.82, 2.24) is 24.9 Å². The smallest absolute Gasteiger partial charge is 0.255 e. The van der Waals surface area contributed by atoms with Crippen LogP contribution >= 0.6 is 0 Å². The minimum absolute atomic E-state index is 0.0538. The van der Waals surface area contributed by atoms with E-state index in [-0.39, 0.29) is 29.6 Å². The highest BCUT2D eigenvalue weighted by atomic mass is 16.5. The summed E-state index contributed by atoms with van der Waals surface area (Å²) in [7, 11) is 1.93. The maximum Gasteiger partial charge on any atom is 0.255 e. The number of nitrogens with zero attached hydrogens (tertiary/aromatic N) is 4. The molecular weight excluding hydrogens is 494 g/mol. The molecule has 0 saturated carbocycles. The molecule has 4 aliphatic heterocycles. The Bertz CT molecular complexity index is 1500. The first-order valence-electron chi connectivity index (χ1n) is 13.7. The predicted octanol–water partition coefficient (Wildman–Crippen LogP) is 2.77. The van der Waals surface area contributed by atoms with Crippen LogP contribution in [-0.4, -0.2) is 63.0 Å². The van der Waals surface area contributed by atoms with Crippen LogP contribution in [0.4, 0.5) is 0 Å². The van der Waals surface area contributed by atoms with Gasteiger partial charge in [0.2, 0.25) is 11.8 Å². The lowest BCUT2D eigenvalue weighted by atomic mass is 9.74. The van der Waals surface area contributed by atoms with Gasteiger partial charge in [-0.25, -0.2) is 0 Å². The van der Waals surface area contributed by atoms with Gasteiger partial charge in [-0.05, 0) is 56.1 Å². The summed E-state index contributed by atoms with van der Waals surface area (Å²) in [6.07, 6.45) is 4.55. The molecule has 0 bridgehead atoms. The highest BCUT2D eigenvalue weighted by Crippen LogP contribution is 2.49. The predicted molar refractivity (Wildman–Crippen MR) is 143 cm³/mol. The quantitative estimate of drug-likeness (QED) is 0.527. The molecule has 9 heteroatoms. The first-order chi connectivity index (χ1) is 18.9. The molecule has 2 aromatic carbocycles. The van der Waals surface area contributed by atoms with Gasteiger partial charge in [0.1, 0.15) is 11.8 Å². The zero-order valence-corrected chi connectivity index (χ0v) is 22.0. The van der Waals surface area contributed by atoms with Crippen LogP contribution in [0.5, 0.6) is 5.75 Å². The first-order valence-corrected chi connectivity index (χ1v) is 13.7. The van der Waals surface area contributed by atoms with Crippen LogP contribution in [0.25, 0.3) is 11.3 Å². The highest BCUT2D eigenvalue weighted by Gasteiger charge is 2.47. The van der Waals surface area contributed by atoms with Gasteiger partial charge in [-0.1, -0.05) is 24.3 Å². The number of carbonyl (C=O) groups is 3. The summed E-state index contributed by atoms with van der Waals surface area (Å²) in [6.45, 7) is 3.79. The first kappa shape index (κ1) is 24.1. The molecule has 3 amide bonds. The van der Waals surface area contributed by atoms with E-state index in [0.29, 0.717) is 25.1 Å². The summed E-state index contributed by atoms with van der Waals surface area (Å²) in [4.78, 5) is 41.4. The van der Waals surface area contributed by atoms with Crippen LogP contribution in [0.3, 0.4) is 0 Å². The fourth-order valence-corrected chi connectivity index (χ4v) is 6.69. The molecule has 9 nitrogen and oxygen atoms in total. The fourth-order valence-electron chi connectivity index (χ4n) is 6.69. The number of ether oxygens (including phenoxy) is 1. The summed E-state index contributed by atoms with van der Waals surface area (Å²) in [5, 5.41) is 6.91. The van der Waals surface area contributed by atoms with E-state index in [1.165, 1.54) is 11.1 Å². The number of amides is 3. The summed E-state index contributed by atoms with van der Waals surface area (Å²) < 4.78 is 8.15. The Labute approximate surface area is 226 Å². The molecule has 1 N–H and O–H groups in total. The molecule has 200 valence electrons. The van der Waals surface area contributed by atoms with Crippen LogP contribution < -0.4 is 10.1 Å². The lowest BCUT2D eigenvalue weighted by Crippen LogP contribution is -2.52. The van der Waals surface area contributed by atoms with E-state index < -0.39 is 6.04 Å². The van der Waals surface area contributed by atoms with Crippen molar-refractivity contribution in [3.8, 4) is 17.0 Å². The van der Waals surface area contributed by atoms with Crippen molar-refractivity contribution in [2.45, 2.75) is 50.2 Å². The Kier molecular flexibility index (Phi) is 5.59. The number of fused-ring (bicyclic) bond motifs is 4. The Morgan fingerprint density at radius 1 is 1.10 bits per heavy atom. The van der Waals surface area contributed by atoms with Gasteiger partial charge < -0.3 is 9.64 Å². The SMILES string of the molecule is Cn1ccc(-c2cccc(CN3CCC4(CC3)COc3c4ccc4c3CN(C3CCC(=O)NC3=O)C4=O)c2)n1. The highest BCUT2D eigenvalue weighted by molar-refractivity contribution is 6.05. The third kappa shape index (κ3) is 4.03. The van der Waals surface area contributed by atoms with Crippen LogP contribution in [-0.2, 0) is 35.1 Å². The third-order valence-electron chi connectivity index (χ3n) is 8.89. The van der Waals surface area contributed by atoms with Gasteiger partial charge in [-0.3, -0.25) is 29.3 Å². The van der Waals surface area contributed by atoms with E-state index >= 15 is 0 Å². The van der Waals surface area contributed by atoms with Crippen molar-refractivity contribution in [2.75, 3.05) is 19.7 Å². The van der Waals surface area contributed by atoms with Gasteiger partial charge >= 0.3 is 0 Å².